The highest BCUT2D eigenvalue weighted by atomic mass is 16.5. The van der Waals surface area contributed by atoms with Crippen LogP contribution in [0.1, 0.15) is 43.7 Å². The molecule has 100 valence electrons. The second-order valence-corrected chi connectivity index (χ2v) is 4.47. The lowest BCUT2D eigenvalue weighted by Gasteiger charge is -2.10. The van der Waals surface area contributed by atoms with E-state index in [-0.39, 0.29) is 6.61 Å². The summed E-state index contributed by atoms with van der Waals surface area (Å²) in [6.45, 7) is 5.85. The van der Waals surface area contributed by atoms with Gasteiger partial charge in [-0.05, 0) is 24.0 Å². The Hall–Kier alpha value is -2.15. The van der Waals surface area contributed by atoms with E-state index in [1.54, 1.807) is 19.1 Å². The molecular weight excluding hydrogens is 242 g/mol. The first kappa shape index (κ1) is 14.9. The van der Waals surface area contributed by atoms with Crippen LogP contribution in [0.2, 0.25) is 0 Å². The monoisotopic (exact) mass is 259 g/mol. The van der Waals surface area contributed by atoms with E-state index in [9.17, 15) is 9.59 Å². The van der Waals surface area contributed by atoms with Crippen LogP contribution in [0.15, 0.2) is 24.3 Å². The molecule has 0 heterocycles. The van der Waals surface area contributed by atoms with Gasteiger partial charge < -0.3 is 4.74 Å². The minimum atomic E-state index is -1.10. The van der Waals surface area contributed by atoms with Gasteiger partial charge in [-0.3, -0.25) is 4.79 Å². The van der Waals surface area contributed by atoms with Gasteiger partial charge in [0.05, 0.1) is 12.7 Å². The van der Waals surface area contributed by atoms with Gasteiger partial charge in [0.25, 0.3) is 5.78 Å². The van der Waals surface area contributed by atoms with Gasteiger partial charge in [0.15, 0.2) is 0 Å². The minimum Gasteiger partial charge on any atom is -0.460 e. The number of carbonyl (C=O) groups excluding carboxylic acids is 2. The lowest BCUT2D eigenvalue weighted by Crippen LogP contribution is -2.23. The van der Waals surface area contributed by atoms with Gasteiger partial charge in [0.1, 0.15) is 5.92 Å². The molecule has 1 aromatic rings. The first-order valence-corrected chi connectivity index (χ1v) is 6.21. The molecule has 1 rings (SSSR count). The maximum atomic E-state index is 11.8. The van der Waals surface area contributed by atoms with Crippen molar-refractivity contribution in [3.05, 3.63) is 35.4 Å². The van der Waals surface area contributed by atoms with Gasteiger partial charge in [-0.25, -0.2) is 4.79 Å². The van der Waals surface area contributed by atoms with Crippen molar-refractivity contribution in [2.45, 2.75) is 32.6 Å². The van der Waals surface area contributed by atoms with Crippen molar-refractivity contribution in [1.29, 1.82) is 5.26 Å². The van der Waals surface area contributed by atoms with Gasteiger partial charge >= 0.3 is 5.97 Å². The van der Waals surface area contributed by atoms with Crippen molar-refractivity contribution in [3.8, 4) is 6.07 Å². The lowest BCUT2D eigenvalue weighted by molar-refractivity contribution is -0.153. The number of rotatable bonds is 5. The molecule has 1 unspecified atom stereocenters. The van der Waals surface area contributed by atoms with Gasteiger partial charge in [-0.2, -0.15) is 5.26 Å². The minimum absolute atomic E-state index is 0.120. The molecule has 0 bridgehead atoms. The van der Waals surface area contributed by atoms with Gasteiger partial charge in [-0.15, -0.1) is 0 Å². The Bertz CT molecular complexity index is 497. The van der Waals surface area contributed by atoms with Crippen molar-refractivity contribution < 1.29 is 14.3 Å². The summed E-state index contributed by atoms with van der Waals surface area (Å²) in [6.07, 6.45) is 0. The fourth-order valence-corrected chi connectivity index (χ4v) is 1.68. The highest BCUT2D eigenvalue weighted by molar-refractivity contribution is 6.36. The number of hydrogen-bond acceptors (Lipinski definition) is 4. The van der Waals surface area contributed by atoms with Crippen molar-refractivity contribution in [1.82, 2.24) is 0 Å². The molecule has 0 spiro atoms. The van der Waals surface area contributed by atoms with Crippen LogP contribution >= 0.6 is 0 Å². The maximum Gasteiger partial charge on any atom is 0.376 e. The Morgan fingerprint density at radius 3 is 2.16 bits per heavy atom. The molecule has 0 fully saturated rings. The third-order valence-electron chi connectivity index (χ3n) is 2.80. The average molecular weight is 259 g/mol. The Morgan fingerprint density at radius 1 is 1.21 bits per heavy atom. The van der Waals surface area contributed by atoms with Crippen molar-refractivity contribution in [3.63, 3.8) is 0 Å². The van der Waals surface area contributed by atoms with Crippen molar-refractivity contribution in [2.75, 3.05) is 6.61 Å². The molecule has 4 heteroatoms. The Kier molecular flexibility index (Phi) is 5.25. The Labute approximate surface area is 113 Å². The van der Waals surface area contributed by atoms with E-state index in [1.807, 2.05) is 18.2 Å². The van der Waals surface area contributed by atoms with Crippen LogP contribution in [0.3, 0.4) is 0 Å². The number of esters is 1. The van der Waals surface area contributed by atoms with E-state index in [0.717, 1.165) is 5.56 Å². The average Bonchev–Trinajstić information content (AvgIpc) is 2.40. The molecule has 0 aliphatic rings. The highest BCUT2D eigenvalue weighted by Crippen LogP contribution is 2.21. The molecule has 0 aliphatic carbocycles. The molecule has 0 saturated carbocycles. The summed E-state index contributed by atoms with van der Waals surface area (Å²) in [7, 11) is 0. The summed E-state index contributed by atoms with van der Waals surface area (Å²) >= 11 is 0. The van der Waals surface area contributed by atoms with Crippen molar-refractivity contribution >= 4 is 11.8 Å². The van der Waals surface area contributed by atoms with E-state index in [2.05, 4.69) is 18.6 Å². The molecule has 1 atom stereocenters. The summed E-state index contributed by atoms with van der Waals surface area (Å²) in [5.74, 6) is -2.50. The van der Waals surface area contributed by atoms with Crippen LogP contribution in [0.5, 0.6) is 0 Å². The van der Waals surface area contributed by atoms with E-state index >= 15 is 0 Å². The summed E-state index contributed by atoms with van der Waals surface area (Å²) in [4.78, 5) is 23.2. The topological polar surface area (TPSA) is 67.2 Å². The van der Waals surface area contributed by atoms with Gasteiger partial charge in [0, 0.05) is 0 Å². The quantitative estimate of drug-likeness (QED) is 0.602. The first-order valence-electron chi connectivity index (χ1n) is 6.21. The molecule has 0 aromatic heterocycles. The molecule has 0 saturated heterocycles. The lowest BCUT2D eigenvalue weighted by atomic mass is 9.93. The van der Waals surface area contributed by atoms with Crippen molar-refractivity contribution in [2.24, 2.45) is 0 Å². The second-order valence-electron chi connectivity index (χ2n) is 4.47. The largest absolute Gasteiger partial charge is 0.460 e. The number of hydrogen-bond donors (Lipinski definition) is 0. The van der Waals surface area contributed by atoms with Crippen LogP contribution < -0.4 is 0 Å². The zero-order valence-electron chi connectivity index (χ0n) is 11.3. The highest BCUT2D eigenvalue weighted by Gasteiger charge is 2.27. The summed E-state index contributed by atoms with van der Waals surface area (Å²) in [6, 6.07) is 9.00. The molecular formula is C15H17NO3. The van der Waals surface area contributed by atoms with Crippen LogP contribution in [0.25, 0.3) is 0 Å². The maximum absolute atomic E-state index is 11.8. The summed E-state index contributed by atoms with van der Waals surface area (Å²) < 4.78 is 4.63. The van der Waals surface area contributed by atoms with E-state index < -0.39 is 17.7 Å². The number of Topliss-reactive ketones (excluding diaryl/α,β-unsaturated/α-hetero) is 1. The van der Waals surface area contributed by atoms with Gasteiger partial charge in [0.2, 0.25) is 0 Å². The van der Waals surface area contributed by atoms with Gasteiger partial charge in [-0.1, -0.05) is 38.1 Å². The number of nitrogens with zero attached hydrogens (tertiary/aromatic N) is 1. The van der Waals surface area contributed by atoms with E-state index in [0.29, 0.717) is 11.5 Å². The normalized spacial score (nSPS) is 11.7. The number of ketones is 1. The SMILES string of the molecule is CCOC(=O)C(=O)C(C#N)c1ccc(C(C)C)cc1. The number of nitriles is 1. The van der Waals surface area contributed by atoms with Crippen LogP contribution in [0, 0.1) is 11.3 Å². The number of benzene rings is 1. The molecule has 1 aromatic carbocycles. The summed E-state index contributed by atoms with van der Waals surface area (Å²) in [5.41, 5.74) is 1.63. The standard InChI is InChI=1S/C15H17NO3/c1-4-19-15(18)14(17)13(9-16)12-7-5-11(6-8-12)10(2)3/h5-8,10,13H,4H2,1-3H3. The first-order chi connectivity index (χ1) is 9.01. The third-order valence-corrected chi connectivity index (χ3v) is 2.80. The second kappa shape index (κ2) is 6.69. The smallest absolute Gasteiger partial charge is 0.376 e. The van der Waals surface area contributed by atoms with E-state index in [4.69, 9.17) is 5.26 Å². The molecule has 4 nitrogen and oxygen atoms in total. The molecule has 0 N–H and O–H groups in total. The molecule has 0 radical (unpaired) electrons. The molecule has 19 heavy (non-hydrogen) atoms. The van der Waals surface area contributed by atoms with E-state index in [1.165, 1.54) is 0 Å². The fraction of sp³-hybridized carbons (Fsp3) is 0.400. The number of carbonyl (C=O) groups is 2. The zero-order chi connectivity index (χ0) is 14.4. The van der Waals surface area contributed by atoms with Crippen LogP contribution in [-0.2, 0) is 14.3 Å². The van der Waals surface area contributed by atoms with Crippen LogP contribution in [-0.4, -0.2) is 18.4 Å². The summed E-state index contributed by atoms with van der Waals surface area (Å²) in [5, 5.41) is 9.07. The Balaban J connectivity index is 2.95. The zero-order valence-corrected chi connectivity index (χ0v) is 11.3. The molecule has 0 amide bonds. The fourth-order valence-electron chi connectivity index (χ4n) is 1.68. The Morgan fingerprint density at radius 2 is 1.74 bits per heavy atom. The predicted molar refractivity (Wildman–Crippen MR) is 70.5 cm³/mol. The third kappa shape index (κ3) is 3.65. The van der Waals surface area contributed by atoms with Crippen LogP contribution in [0.4, 0.5) is 0 Å². The molecule has 0 aliphatic heterocycles. The predicted octanol–water partition coefficient (Wildman–Crippen LogP) is 2.55. The number of ether oxygens (including phenoxy) is 1.